The zero-order chi connectivity index (χ0) is 19.7. The fraction of sp³-hybridized carbons (Fsp3) is 0.182. The lowest BCUT2D eigenvalue weighted by atomic mass is 9.84. The van der Waals surface area contributed by atoms with E-state index in [2.05, 4.69) is 35.1 Å². The molecule has 4 rings (SSSR count). The number of hydrogen-bond donors (Lipinski definition) is 1. The molecule has 0 aliphatic carbocycles. The summed E-state index contributed by atoms with van der Waals surface area (Å²) in [6, 6.07) is 22.2. The second-order valence-electron chi connectivity index (χ2n) is 6.98. The van der Waals surface area contributed by atoms with Crippen molar-refractivity contribution in [3.05, 3.63) is 94.0 Å². The molecule has 0 amide bonds. The van der Waals surface area contributed by atoms with Crippen LogP contribution in [0.1, 0.15) is 28.2 Å². The first kappa shape index (κ1) is 19.4. The molecule has 0 spiro atoms. The van der Waals surface area contributed by atoms with Crippen molar-refractivity contribution in [1.29, 1.82) is 0 Å². The van der Waals surface area contributed by atoms with E-state index in [1.54, 1.807) is 17.8 Å². The molecular weight excluding hydrogens is 410 g/mol. The van der Waals surface area contributed by atoms with E-state index in [4.69, 9.17) is 11.6 Å². The predicted octanol–water partition coefficient (Wildman–Crippen LogP) is 5.69. The van der Waals surface area contributed by atoms with Gasteiger partial charge >= 0.3 is 0 Å². The number of nitrogens with one attached hydrogen (secondary N) is 1. The van der Waals surface area contributed by atoms with Crippen molar-refractivity contribution in [2.45, 2.75) is 23.0 Å². The van der Waals surface area contributed by atoms with Crippen molar-refractivity contribution in [2.75, 3.05) is 11.0 Å². The first-order valence-corrected chi connectivity index (χ1v) is 12.2. The molecule has 3 aromatic rings. The van der Waals surface area contributed by atoms with Gasteiger partial charge in [0.25, 0.3) is 0 Å². The molecule has 1 heterocycles. The van der Waals surface area contributed by atoms with Gasteiger partial charge in [0.05, 0.1) is 11.3 Å². The SMILES string of the molecule is CS(=O)(=O)Nc1cccc(CC2c3ccccc3CSc3c(Cl)cccc32)c1. The van der Waals surface area contributed by atoms with Gasteiger partial charge in [-0.2, -0.15) is 0 Å². The van der Waals surface area contributed by atoms with Gasteiger partial charge in [-0.05, 0) is 46.9 Å². The molecular formula is C22H20ClNO2S2. The van der Waals surface area contributed by atoms with Crippen molar-refractivity contribution < 1.29 is 8.42 Å². The van der Waals surface area contributed by atoms with Crippen LogP contribution in [0.2, 0.25) is 5.02 Å². The van der Waals surface area contributed by atoms with Gasteiger partial charge in [-0.3, -0.25) is 4.72 Å². The van der Waals surface area contributed by atoms with E-state index in [1.165, 1.54) is 16.7 Å². The summed E-state index contributed by atoms with van der Waals surface area (Å²) in [4.78, 5) is 1.13. The Morgan fingerprint density at radius 2 is 1.79 bits per heavy atom. The molecule has 3 aromatic carbocycles. The maximum Gasteiger partial charge on any atom is 0.229 e. The molecule has 1 aliphatic rings. The van der Waals surface area contributed by atoms with Crippen molar-refractivity contribution >= 4 is 39.1 Å². The molecule has 1 atom stereocenters. The maximum atomic E-state index is 11.6. The lowest BCUT2D eigenvalue weighted by Gasteiger charge is -2.21. The first-order valence-electron chi connectivity index (χ1n) is 8.96. The average molecular weight is 430 g/mol. The molecule has 0 radical (unpaired) electrons. The third kappa shape index (κ3) is 4.22. The highest BCUT2D eigenvalue weighted by Crippen LogP contribution is 2.44. The molecule has 0 saturated carbocycles. The Bertz CT molecular complexity index is 1130. The Balaban J connectivity index is 1.77. The third-order valence-electron chi connectivity index (χ3n) is 4.85. The van der Waals surface area contributed by atoms with Crippen LogP contribution in [0.4, 0.5) is 5.69 Å². The van der Waals surface area contributed by atoms with Crippen LogP contribution in [0.15, 0.2) is 71.6 Å². The molecule has 1 N–H and O–H groups in total. The van der Waals surface area contributed by atoms with E-state index in [-0.39, 0.29) is 5.92 Å². The van der Waals surface area contributed by atoms with Gasteiger partial charge < -0.3 is 0 Å². The Morgan fingerprint density at radius 1 is 1.04 bits per heavy atom. The Morgan fingerprint density at radius 3 is 2.61 bits per heavy atom. The van der Waals surface area contributed by atoms with Crippen molar-refractivity contribution in [1.82, 2.24) is 0 Å². The number of anilines is 1. The highest BCUT2D eigenvalue weighted by molar-refractivity contribution is 7.98. The van der Waals surface area contributed by atoms with E-state index in [0.717, 1.165) is 33.9 Å². The molecule has 144 valence electrons. The standard InChI is InChI=1S/C22H20ClNO2S2/c1-28(25,26)24-17-8-4-6-15(12-17)13-20-18-9-3-2-7-16(18)14-27-22-19(20)10-5-11-21(22)23/h2-12,20,24H,13-14H2,1H3. The lowest BCUT2D eigenvalue weighted by Crippen LogP contribution is -2.10. The summed E-state index contributed by atoms with van der Waals surface area (Å²) in [5.41, 5.74) is 5.51. The summed E-state index contributed by atoms with van der Waals surface area (Å²) in [6.07, 6.45) is 1.93. The van der Waals surface area contributed by atoms with Gasteiger partial charge in [0, 0.05) is 22.3 Å². The summed E-state index contributed by atoms with van der Waals surface area (Å²) in [5, 5.41) is 0.785. The van der Waals surface area contributed by atoms with E-state index < -0.39 is 10.0 Å². The topological polar surface area (TPSA) is 46.2 Å². The van der Waals surface area contributed by atoms with Crippen LogP contribution in [-0.2, 0) is 22.2 Å². The van der Waals surface area contributed by atoms with Gasteiger partial charge in [0.1, 0.15) is 0 Å². The number of halogens is 1. The lowest BCUT2D eigenvalue weighted by molar-refractivity contribution is 0.607. The molecule has 28 heavy (non-hydrogen) atoms. The van der Waals surface area contributed by atoms with Crippen LogP contribution < -0.4 is 4.72 Å². The van der Waals surface area contributed by atoms with Crippen LogP contribution >= 0.6 is 23.4 Å². The maximum absolute atomic E-state index is 11.6. The van der Waals surface area contributed by atoms with Crippen LogP contribution in [0.25, 0.3) is 0 Å². The quantitative estimate of drug-likeness (QED) is 0.579. The normalized spacial score (nSPS) is 16.0. The van der Waals surface area contributed by atoms with Crippen LogP contribution in [-0.4, -0.2) is 14.7 Å². The summed E-state index contributed by atoms with van der Waals surface area (Å²) >= 11 is 8.31. The number of benzene rings is 3. The molecule has 0 saturated heterocycles. The average Bonchev–Trinajstić information content (AvgIpc) is 2.79. The van der Waals surface area contributed by atoms with Gasteiger partial charge in [0.15, 0.2) is 0 Å². The monoisotopic (exact) mass is 429 g/mol. The second kappa shape index (κ2) is 7.82. The van der Waals surface area contributed by atoms with Crippen molar-refractivity contribution in [3.63, 3.8) is 0 Å². The summed E-state index contributed by atoms with van der Waals surface area (Å²) in [6.45, 7) is 0. The minimum absolute atomic E-state index is 0.161. The van der Waals surface area contributed by atoms with Crippen LogP contribution in [0.3, 0.4) is 0 Å². The Labute approximate surface area is 175 Å². The van der Waals surface area contributed by atoms with Crippen LogP contribution in [0.5, 0.6) is 0 Å². The van der Waals surface area contributed by atoms with Crippen LogP contribution in [0, 0.1) is 0 Å². The zero-order valence-corrected chi connectivity index (χ0v) is 17.7. The van der Waals surface area contributed by atoms with E-state index in [0.29, 0.717) is 5.69 Å². The molecule has 0 aromatic heterocycles. The van der Waals surface area contributed by atoms with E-state index in [1.807, 2.05) is 30.3 Å². The predicted molar refractivity (Wildman–Crippen MR) is 118 cm³/mol. The van der Waals surface area contributed by atoms with Gasteiger partial charge in [-0.1, -0.05) is 60.1 Å². The molecule has 3 nitrogen and oxygen atoms in total. The Hall–Kier alpha value is -1.95. The fourth-order valence-corrected chi connectivity index (χ4v) is 5.75. The second-order valence-corrected chi connectivity index (χ2v) is 10.1. The molecule has 0 bridgehead atoms. The fourth-order valence-electron chi connectivity index (χ4n) is 3.71. The number of rotatable bonds is 4. The number of fused-ring (bicyclic) bond motifs is 2. The number of sulfonamides is 1. The molecule has 6 heteroatoms. The smallest absolute Gasteiger partial charge is 0.229 e. The highest BCUT2D eigenvalue weighted by atomic mass is 35.5. The van der Waals surface area contributed by atoms with Gasteiger partial charge in [-0.25, -0.2) is 8.42 Å². The number of thioether (sulfide) groups is 1. The minimum atomic E-state index is -3.31. The van der Waals surface area contributed by atoms with Gasteiger partial charge in [-0.15, -0.1) is 11.8 Å². The highest BCUT2D eigenvalue weighted by Gasteiger charge is 2.25. The number of hydrogen-bond acceptors (Lipinski definition) is 3. The minimum Gasteiger partial charge on any atom is -0.284 e. The first-order chi connectivity index (χ1) is 13.4. The molecule has 1 unspecified atom stereocenters. The van der Waals surface area contributed by atoms with E-state index in [9.17, 15) is 8.42 Å². The van der Waals surface area contributed by atoms with Crippen molar-refractivity contribution in [3.8, 4) is 0 Å². The zero-order valence-electron chi connectivity index (χ0n) is 15.4. The summed E-state index contributed by atoms with van der Waals surface area (Å²) < 4.78 is 25.7. The summed E-state index contributed by atoms with van der Waals surface area (Å²) in [5.74, 6) is 1.05. The van der Waals surface area contributed by atoms with Gasteiger partial charge in [0.2, 0.25) is 10.0 Å². The molecule has 1 aliphatic heterocycles. The van der Waals surface area contributed by atoms with E-state index >= 15 is 0 Å². The third-order valence-corrected chi connectivity index (χ3v) is 7.08. The van der Waals surface area contributed by atoms with Crippen molar-refractivity contribution in [2.24, 2.45) is 0 Å². The summed E-state index contributed by atoms with van der Waals surface area (Å²) in [7, 11) is -3.31. The largest absolute Gasteiger partial charge is 0.284 e. The Kier molecular flexibility index (Phi) is 5.41. The molecule has 0 fully saturated rings.